The number of hydrogen-bond acceptors (Lipinski definition) is 6. The van der Waals surface area contributed by atoms with Crippen molar-refractivity contribution in [2.24, 2.45) is 5.73 Å². The zero-order valence-corrected chi connectivity index (χ0v) is 26.0. The van der Waals surface area contributed by atoms with Gasteiger partial charge in [0.15, 0.2) is 0 Å². The molecule has 0 bridgehead atoms. The maximum absolute atomic E-state index is 13.9. The zero-order valence-electron chi connectivity index (χ0n) is 26.0. The van der Waals surface area contributed by atoms with E-state index in [-0.39, 0.29) is 37.9 Å². The quantitative estimate of drug-likeness (QED) is 0.267. The van der Waals surface area contributed by atoms with Crippen LogP contribution >= 0.6 is 0 Å². The number of rotatable bonds is 9. The molecule has 0 saturated carbocycles. The Morgan fingerprint density at radius 1 is 0.844 bits per heavy atom. The highest BCUT2D eigenvalue weighted by molar-refractivity contribution is 6.00. The average Bonchev–Trinajstić information content (AvgIpc) is 3.46. The number of primary amides is 1. The fraction of sp³-hybridized carbons (Fsp3) is 0.294. The van der Waals surface area contributed by atoms with Crippen LogP contribution in [0.5, 0.6) is 0 Å². The molecule has 2 heterocycles. The summed E-state index contributed by atoms with van der Waals surface area (Å²) in [5.74, 6) is -1.84. The first-order valence-corrected chi connectivity index (χ1v) is 14.8. The van der Waals surface area contributed by atoms with E-state index in [0.717, 1.165) is 27.8 Å². The first-order chi connectivity index (χ1) is 21.5. The number of nitrogens with zero attached hydrogens (tertiary/aromatic N) is 4. The molecule has 4 amide bonds. The van der Waals surface area contributed by atoms with Gasteiger partial charge in [0, 0.05) is 87.3 Å². The molecule has 11 nitrogen and oxygen atoms in total. The second-order valence-electron chi connectivity index (χ2n) is 11.7. The topological polar surface area (TPSA) is 135 Å². The second kappa shape index (κ2) is 13.1. The maximum atomic E-state index is 13.9. The van der Waals surface area contributed by atoms with Gasteiger partial charge in [-0.15, -0.1) is 0 Å². The van der Waals surface area contributed by atoms with Crippen molar-refractivity contribution in [1.82, 2.24) is 20.1 Å². The van der Waals surface area contributed by atoms with Gasteiger partial charge in [0.05, 0.1) is 6.54 Å². The molecule has 2 atom stereocenters. The van der Waals surface area contributed by atoms with Crippen LogP contribution in [0.25, 0.3) is 10.9 Å². The Morgan fingerprint density at radius 3 is 2.00 bits per heavy atom. The van der Waals surface area contributed by atoms with Gasteiger partial charge < -0.3 is 35.6 Å². The third kappa shape index (κ3) is 6.77. The van der Waals surface area contributed by atoms with Gasteiger partial charge in [0.25, 0.3) is 11.8 Å². The molecule has 1 aromatic heterocycles. The summed E-state index contributed by atoms with van der Waals surface area (Å²) >= 11 is 0. The summed E-state index contributed by atoms with van der Waals surface area (Å²) in [7, 11) is 7.66. The molecule has 0 aliphatic carbocycles. The summed E-state index contributed by atoms with van der Waals surface area (Å²) in [4.78, 5) is 64.0. The van der Waals surface area contributed by atoms with E-state index in [1.807, 2.05) is 86.5 Å². The minimum absolute atomic E-state index is 0.0415. The number of aromatic amines is 1. The number of nitrogens with two attached hydrogens (primary N) is 1. The van der Waals surface area contributed by atoms with Crippen LogP contribution in [-0.2, 0) is 16.0 Å². The van der Waals surface area contributed by atoms with Gasteiger partial charge in [-0.3, -0.25) is 19.2 Å². The molecule has 1 aliphatic rings. The highest BCUT2D eigenvalue weighted by Gasteiger charge is 2.39. The number of aromatic nitrogens is 1. The standard InChI is InChI=1S/C34H39N7O4/c1-38(2)25-13-9-22(10-14-25)33(44)40-17-18-41(34(45)23-11-15-26(16-12-23)39(3)4)30(21-40)32(43)37-29(31(35)42)19-24-20-36-28-8-6-5-7-27(24)28/h5-16,20,29-30,36H,17-19,21H2,1-4H3,(H2,35,42)(H,37,43)/t29-,30+/m1/s1. The largest absolute Gasteiger partial charge is 0.378 e. The van der Waals surface area contributed by atoms with E-state index >= 15 is 0 Å². The molecule has 1 saturated heterocycles. The normalized spacial score (nSPS) is 15.4. The molecule has 1 fully saturated rings. The van der Waals surface area contributed by atoms with Crippen molar-refractivity contribution < 1.29 is 19.2 Å². The number of para-hydroxylation sites is 1. The number of nitrogens with one attached hydrogen (secondary N) is 2. The first kappa shape index (κ1) is 31.1. The van der Waals surface area contributed by atoms with Crippen LogP contribution in [-0.4, -0.2) is 98.3 Å². The molecule has 0 radical (unpaired) electrons. The van der Waals surface area contributed by atoms with Gasteiger partial charge in [-0.2, -0.15) is 0 Å². The van der Waals surface area contributed by atoms with Gasteiger partial charge in [0.1, 0.15) is 12.1 Å². The number of H-pyrrole nitrogens is 1. The van der Waals surface area contributed by atoms with Gasteiger partial charge in [-0.25, -0.2) is 0 Å². The number of benzene rings is 3. The van der Waals surface area contributed by atoms with Gasteiger partial charge in [-0.05, 0) is 60.2 Å². The van der Waals surface area contributed by atoms with Crippen molar-refractivity contribution in [3.05, 3.63) is 95.7 Å². The van der Waals surface area contributed by atoms with Gasteiger partial charge in [0.2, 0.25) is 11.8 Å². The van der Waals surface area contributed by atoms with E-state index < -0.39 is 23.9 Å². The fourth-order valence-electron chi connectivity index (χ4n) is 5.60. The predicted molar refractivity (Wildman–Crippen MR) is 175 cm³/mol. The van der Waals surface area contributed by atoms with E-state index in [1.165, 1.54) is 4.90 Å². The second-order valence-corrected chi connectivity index (χ2v) is 11.7. The monoisotopic (exact) mass is 609 g/mol. The molecule has 4 N–H and O–H groups in total. The lowest BCUT2D eigenvalue weighted by atomic mass is 10.0. The number of fused-ring (bicyclic) bond motifs is 1. The van der Waals surface area contributed by atoms with Crippen LogP contribution in [0.1, 0.15) is 26.3 Å². The number of carbonyl (C=O) groups excluding carboxylic acids is 4. The zero-order chi connectivity index (χ0) is 32.2. The summed E-state index contributed by atoms with van der Waals surface area (Å²) < 4.78 is 0. The number of amides is 4. The van der Waals surface area contributed by atoms with E-state index in [4.69, 9.17) is 5.73 Å². The highest BCUT2D eigenvalue weighted by Crippen LogP contribution is 2.22. The van der Waals surface area contributed by atoms with Crippen molar-refractivity contribution in [3.8, 4) is 0 Å². The van der Waals surface area contributed by atoms with E-state index in [2.05, 4.69) is 10.3 Å². The number of piperazine rings is 1. The number of carbonyl (C=O) groups is 4. The maximum Gasteiger partial charge on any atom is 0.254 e. The van der Waals surface area contributed by atoms with Crippen molar-refractivity contribution in [2.75, 3.05) is 57.6 Å². The SMILES string of the molecule is CN(C)c1ccc(C(=O)N2CCN(C(=O)c3ccc(N(C)C)cc3)[C@H](C(=O)N[C@H](Cc3c[nH]c4ccccc34)C(N)=O)C2)cc1. The van der Waals surface area contributed by atoms with Gasteiger partial charge >= 0.3 is 0 Å². The van der Waals surface area contributed by atoms with Crippen LogP contribution in [0.2, 0.25) is 0 Å². The van der Waals surface area contributed by atoms with E-state index in [1.54, 1.807) is 35.4 Å². The van der Waals surface area contributed by atoms with Gasteiger partial charge in [-0.1, -0.05) is 18.2 Å². The van der Waals surface area contributed by atoms with Crippen molar-refractivity contribution in [3.63, 3.8) is 0 Å². The van der Waals surface area contributed by atoms with E-state index in [0.29, 0.717) is 11.1 Å². The smallest absolute Gasteiger partial charge is 0.254 e. The van der Waals surface area contributed by atoms with Crippen molar-refractivity contribution in [2.45, 2.75) is 18.5 Å². The molecule has 0 unspecified atom stereocenters. The highest BCUT2D eigenvalue weighted by atomic mass is 16.2. The molecule has 11 heteroatoms. The molecular weight excluding hydrogens is 570 g/mol. The van der Waals surface area contributed by atoms with Crippen LogP contribution in [0.15, 0.2) is 79.0 Å². The molecular formula is C34H39N7O4. The number of hydrogen-bond donors (Lipinski definition) is 3. The van der Waals surface area contributed by atoms with E-state index in [9.17, 15) is 19.2 Å². The summed E-state index contributed by atoms with van der Waals surface area (Å²) in [6, 6.07) is 19.9. The molecule has 234 valence electrons. The number of anilines is 2. The molecule has 45 heavy (non-hydrogen) atoms. The fourth-order valence-corrected chi connectivity index (χ4v) is 5.60. The Labute approximate surface area is 262 Å². The minimum atomic E-state index is -1.05. The van der Waals surface area contributed by atoms with Crippen LogP contribution in [0, 0.1) is 0 Å². The average molecular weight is 610 g/mol. The third-order valence-electron chi connectivity index (χ3n) is 8.25. The first-order valence-electron chi connectivity index (χ1n) is 14.8. The lowest BCUT2D eigenvalue weighted by molar-refractivity contribution is -0.131. The summed E-state index contributed by atoms with van der Waals surface area (Å²) in [6.07, 6.45) is 1.96. The minimum Gasteiger partial charge on any atom is -0.378 e. The third-order valence-corrected chi connectivity index (χ3v) is 8.25. The Kier molecular flexibility index (Phi) is 9.08. The Bertz CT molecular complexity index is 1700. The van der Waals surface area contributed by atoms with Crippen molar-refractivity contribution in [1.29, 1.82) is 0 Å². The lowest BCUT2D eigenvalue weighted by Crippen LogP contribution is -2.63. The summed E-state index contributed by atoms with van der Waals surface area (Å²) in [5.41, 5.74) is 10.3. The Hall–Kier alpha value is -5.32. The molecule has 1 aliphatic heterocycles. The summed E-state index contributed by atoms with van der Waals surface area (Å²) in [6.45, 7) is 0.339. The summed E-state index contributed by atoms with van der Waals surface area (Å²) in [5, 5.41) is 3.72. The lowest BCUT2D eigenvalue weighted by Gasteiger charge is -2.41. The molecule has 0 spiro atoms. The van der Waals surface area contributed by atoms with Crippen LogP contribution < -0.4 is 20.9 Å². The molecule has 5 rings (SSSR count). The van der Waals surface area contributed by atoms with Crippen molar-refractivity contribution >= 4 is 45.9 Å². The molecule has 3 aromatic carbocycles. The molecule has 4 aromatic rings. The van der Waals surface area contributed by atoms with Crippen LogP contribution in [0.3, 0.4) is 0 Å². The predicted octanol–water partition coefficient (Wildman–Crippen LogP) is 2.48. The Morgan fingerprint density at radius 2 is 1.42 bits per heavy atom. The Balaban J connectivity index is 1.40. The van der Waals surface area contributed by atoms with Crippen LogP contribution in [0.4, 0.5) is 11.4 Å².